The van der Waals surface area contributed by atoms with Crippen molar-refractivity contribution in [3.05, 3.63) is 99.8 Å². The fourth-order valence-corrected chi connectivity index (χ4v) is 4.54. The molecule has 2 N–H and O–H groups in total. The Bertz CT molecular complexity index is 1290. The molecule has 4 rings (SSSR count). The van der Waals surface area contributed by atoms with Gasteiger partial charge in [-0.2, -0.15) is 0 Å². The Morgan fingerprint density at radius 3 is 1.89 bits per heavy atom. The van der Waals surface area contributed by atoms with E-state index in [1.54, 1.807) is 20.3 Å². The van der Waals surface area contributed by atoms with Gasteiger partial charge in [-0.05, 0) is 42.5 Å². The first-order valence-corrected chi connectivity index (χ1v) is 11.8. The van der Waals surface area contributed by atoms with Gasteiger partial charge in [0.15, 0.2) is 5.78 Å². The van der Waals surface area contributed by atoms with E-state index in [1.165, 1.54) is 0 Å². The van der Waals surface area contributed by atoms with Gasteiger partial charge in [-0.3, -0.25) is 9.59 Å². The topological polar surface area (TPSA) is 93.1 Å². The molecule has 3 aromatic rings. The lowest BCUT2D eigenvalue weighted by molar-refractivity contribution is -0.136. The van der Waals surface area contributed by atoms with Crippen molar-refractivity contribution < 1.29 is 29.3 Å². The molecule has 0 fully saturated rings. The van der Waals surface area contributed by atoms with Crippen LogP contribution in [0.1, 0.15) is 39.8 Å². The number of aryl methyl sites for hydroxylation is 3. The van der Waals surface area contributed by atoms with Crippen LogP contribution in [0.2, 0.25) is 0 Å². The SMILES string of the molecule is COc1c(C)cccc1CC(=O)O.COc1c(C)cccc1CC(O)=C1C(=O)CCc2ccccc21. The number of methoxy groups -OCH3 is 2. The number of carbonyl (C=O) groups excluding carboxylic acids is 1. The highest BCUT2D eigenvalue weighted by Gasteiger charge is 2.25. The van der Waals surface area contributed by atoms with Gasteiger partial charge < -0.3 is 19.7 Å². The molecule has 6 heteroatoms. The smallest absolute Gasteiger partial charge is 0.307 e. The van der Waals surface area contributed by atoms with Crippen LogP contribution in [0, 0.1) is 13.8 Å². The molecular weight excluding hydrogens is 456 g/mol. The zero-order chi connectivity index (χ0) is 26.2. The van der Waals surface area contributed by atoms with Crippen LogP contribution in [0.3, 0.4) is 0 Å². The lowest BCUT2D eigenvalue weighted by atomic mass is 9.85. The largest absolute Gasteiger partial charge is 0.511 e. The van der Waals surface area contributed by atoms with Crippen LogP contribution in [0.15, 0.2) is 66.4 Å². The first-order valence-electron chi connectivity index (χ1n) is 11.8. The number of aliphatic hydroxyl groups is 1. The minimum Gasteiger partial charge on any atom is -0.511 e. The molecule has 0 bridgehead atoms. The molecule has 0 saturated heterocycles. The van der Waals surface area contributed by atoms with Crippen molar-refractivity contribution in [2.75, 3.05) is 14.2 Å². The van der Waals surface area contributed by atoms with E-state index < -0.39 is 5.97 Å². The molecule has 0 amide bonds. The van der Waals surface area contributed by atoms with Gasteiger partial charge >= 0.3 is 5.97 Å². The number of carboxylic acid groups (broad SMARTS) is 1. The van der Waals surface area contributed by atoms with Gasteiger partial charge in [0, 0.05) is 24.0 Å². The second kappa shape index (κ2) is 12.1. The van der Waals surface area contributed by atoms with Crippen LogP contribution >= 0.6 is 0 Å². The number of ether oxygens (including phenoxy) is 2. The van der Waals surface area contributed by atoms with Gasteiger partial charge in [-0.1, -0.05) is 60.7 Å². The fourth-order valence-electron chi connectivity index (χ4n) is 4.54. The Balaban J connectivity index is 0.000000236. The number of carbonyl (C=O) groups is 2. The molecule has 0 radical (unpaired) electrons. The van der Waals surface area contributed by atoms with Crippen molar-refractivity contribution in [3.63, 3.8) is 0 Å². The van der Waals surface area contributed by atoms with Crippen LogP contribution in [0.4, 0.5) is 0 Å². The fraction of sp³-hybridized carbons (Fsp3) is 0.267. The maximum Gasteiger partial charge on any atom is 0.307 e. The number of carboxylic acids is 1. The minimum atomic E-state index is -0.844. The predicted molar refractivity (Wildman–Crippen MR) is 140 cm³/mol. The minimum absolute atomic E-state index is 0.00481. The Morgan fingerprint density at radius 1 is 0.778 bits per heavy atom. The number of para-hydroxylation sites is 2. The molecular formula is C30H32O6. The number of ketones is 1. The van der Waals surface area contributed by atoms with Gasteiger partial charge in [0.05, 0.1) is 26.2 Å². The number of hydrogen-bond donors (Lipinski definition) is 2. The summed E-state index contributed by atoms with van der Waals surface area (Å²) in [4.78, 5) is 22.9. The van der Waals surface area contributed by atoms with Crippen molar-refractivity contribution in [2.24, 2.45) is 0 Å². The summed E-state index contributed by atoms with van der Waals surface area (Å²) in [6.45, 7) is 3.86. The molecule has 0 heterocycles. The Morgan fingerprint density at radius 2 is 1.33 bits per heavy atom. The molecule has 0 atom stereocenters. The van der Waals surface area contributed by atoms with E-state index in [2.05, 4.69) is 0 Å². The van der Waals surface area contributed by atoms with E-state index in [9.17, 15) is 14.7 Å². The maximum atomic E-state index is 12.4. The van der Waals surface area contributed by atoms with E-state index in [0.717, 1.165) is 45.6 Å². The van der Waals surface area contributed by atoms with Crippen LogP contribution in [0.5, 0.6) is 11.5 Å². The van der Waals surface area contributed by atoms with Crippen molar-refractivity contribution in [1.82, 2.24) is 0 Å². The molecule has 3 aromatic carbocycles. The third kappa shape index (κ3) is 6.13. The van der Waals surface area contributed by atoms with E-state index in [1.807, 2.05) is 68.4 Å². The molecule has 6 nitrogen and oxygen atoms in total. The summed E-state index contributed by atoms with van der Waals surface area (Å²) in [5.41, 5.74) is 6.00. The summed E-state index contributed by atoms with van der Waals surface area (Å²) in [5.74, 6) is 0.712. The highest BCUT2D eigenvalue weighted by molar-refractivity contribution is 6.22. The standard InChI is InChI=1S/C20H20O3.C10H12O3/c1-13-6-5-8-15(20(13)23-2)12-18(22)19-16-9-4-3-7-14(16)10-11-17(19)21;1-7-4-3-5-8(6-9(11)12)10(7)13-2/h3-9,22H,10-12H2,1-2H3;3-5H,6H2,1-2H3,(H,11,12). The molecule has 0 saturated carbocycles. The average Bonchev–Trinajstić information content (AvgIpc) is 2.84. The predicted octanol–water partition coefficient (Wildman–Crippen LogP) is 5.66. The molecule has 0 spiro atoms. The quantitative estimate of drug-likeness (QED) is 0.343. The Hall–Kier alpha value is -4.06. The number of aliphatic hydroxyl groups excluding tert-OH is 1. The number of benzene rings is 3. The first-order chi connectivity index (χ1) is 17.3. The Labute approximate surface area is 211 Å². The van der Waals surface area contributed by atoms with Crippen LogP contribution in [0.25, 0.3) is 5.57 Å². The highest BCUT2D eigenvalue weighted by atomic mass is 16.5. The van der Waals surface area contributed by atoms with Gasteiger partial charge in [0.25, 0.3) is 0 Å². The Kier molecular flexibility index (Phi) is 8.90. The van der Waals surface area contributed by atoms with Gasteiger partial charge in [0.2, 0.25) is 0 Å². The average molecular weight is 489 g/mol. The lowest BCUT2D eigenvalue weighted by Crippen LogP contribution is -2.15. The second-order valence-electron chi connectivity index (χ2n) is 8.68. The zero-order valence-electron chi connectivity index (χ0n) is 21.1. The van der Waals surface area contributed by atoms with E-state index in [4.69, 9.17) is 14.6 Å². The summed E-state index contributed by atoms with van der Waals surface area (Å²) >= 11 is 0. The summed E-state index contributed by atoms with van der Waals surface area (Å²) < 4.78 is 10.6. The number of Topliss-reactive ketones (excluding diaryl/α,β-unsaturated/α-hetero) is 1. The molecule has 1 aliphatic carbocycles. The van der Waals surface area contributed by atoms with Crippen LogP contribution < -0.4 is 9.47 Å². The van der Waals surface area contributed by atoms with Gasteiger partial charge in [-0.15, -0.1) is 0 Å². The number of aliphatic carboxylic acids is 1. The molecule has 0 aromatic heterocycles. The van der Waals surface area contributed by atoms with Crippen molar-refractivity contribution >= 4 is 17.3 Å². The second-order valence-corrected chi connectivity index (χ2v) is 8.68. The normalized spacial score (nSPS) is 13.7. The zero-order valence-corrected chi connectivity index (χ0v) is 21.1. The number of allylic oxidation sites excluding steroid dienone is 2. The van der Waals surface area contributed by atoms with Crippen molar-refractivity contribution in [1.29, 1.82) is 0 Å². The van der Waals surface area contributed by atoms with E-state index in [0.29, 0.717) is 24.2 Å². The molecule has 0 unspecified atom stereocenters. The monoisotopic (exact) mass is 488 g/mol. The molecule has 188 valence electrons. The maximum absolute atomic E-state index is 12.4. The molecule has 0 aliphatic heterocycles. The highest BCUT2D eigenvalue weighted by Crippen LogP contribution is 2.33. The number of hydrogen-bond acceptors (Lipinski definition) is 5. The van der Waals surface area contributed by atoms with Crippen molar-refractivity contribution in [3.8, 4) is 11.5 Å². The van der Waals surface area contributed by atoms with Crippen LogP contribution in [-0.4, -0.2) is 36.2 Å². The van der Waals surface area contributed by atoms with Gasteiger partial charge in [-0.25, -0.2) is 0 Å². The summed E-state index contributed by atoms with van der Waals surface area (Å²) in [6, 6.07) is 19.1. The summed E-state index contributed by atoms with van der Waals surface area (Å²) in [5, 5.41) is 19.3. The summed E-state index contributed by atoms with van der Waals surface area (Å²) in [6.07, 6.45) is 1.48. The summed E-state index contributed by atoms with van der Waals surface area (Å²) in [7, 11) is 3.17. The first kappa shape index (κ1) is 26.5. The van der Waals surface area contributed by atoms with Crippen molar-refractivity contribution in [2.45, 2.75) is 39.5 Å². The van der Waals surface area contributed by atoms with E-state index in [-0.39, 0.29) is 18.0 Å². The number of rotatable bonds is 6. The van der Waals surface area contributed by atoms with Gasteiger partial charge in [0.1, 0.15) is 17.3 Å². The number of fused-ring (bicyclic) bond motifs is 1. The lowest BCUT2D eigenvalue weighted by Gasteiger charge is -2.20. The molecule has 1 aliphatic rings. The van der Waals surface area contributed by atoms with Crippen LogP contribution in [-0.2, 0) is 28.9 Å². The third-order valence-electron chi connectivity index (χ3n) is 6.17. The third-order valence-corrected chi connectivity index (χ3v) is 6.17. The van der Waals surface area contributed by atoms with E-state index >= 15 is 0 Å². The molecule has 36 heavy (non-hydrogen) atoms.